The molecule has 0 aliphatic carbocycles. The van der Waals surface area contributed by atoms with Crippen LogP contribution >= 0.6 is 11.3 Å². The SMILES string of the molecule is O=C(NCc1csc(-c2ccccn2)n1)C(c1ccccc1)c1ccccc1. The average Bonchev–Trinajstić information content (AvgIpc) is 3.24. The Morgan fingerprint density at radius 3 is 2.14 bits per heavy atom. The van der Waals surface area contributed by atoms with Gasteiger partial charge < -0.3 is 5.32 Å². The highest BCUT2D eigenvalue weighted by atomic mass is 32.1. The Bertz CT molecular complexity index is 994. The summed E-state index contributed by atoms with van der Waals surface area (Å²) in [5.41, 5.74) is 3.62. The summed E-state index contributed by atoms with van der Waals surface area (Å²) < 4.78 is 0. The zero-order valence-corrected chi connectivity index (χ0v) is 16.0. The van der Waals surface area contributed by atoms with E-state index in [4.69, 9.17) is 0 Å². The van der Waals surface area contributed by atoms with Crippen molar-refractivity contribution in [1.29, 1.82) is 0 Å². The van der Waals surface area contributed by atoms with Crippen molar-refractivity contribution in [2.24, 2.45) is 0 Å². The molecule has 28 heavy (non-hydrogen) atoms. The highest BCUT2D eigenvalue weighted by molar-refractivity contribution is 7.13. The van der Waals surface area contributed by atoms with Crippen LogP contribution in [0.5, 0.6) is 0 Å². The Hall–Kier alpha value is -3.31. The molecule has 0 aliphatic rings. The third-order valence-corrected chi connectivity index (χ3v) is 5.32. The number of pyridine rings is 1. The van der Waals surface area contributed by atoms with Gasteiger partial charge in [0.2, 0.25) is 5.91 Å². The highest BCUT2D eigenvalue weighted by Crippen LogP contribution is 2.25. The van der Waals surface area contributed by atoms with E-state index in [9.17, 15) is 4.79 Å². The molecule has 2 heterocycles. The first-order chi connectivity index (χ1) is 13.8. The molecular weight excluding hydrogens is 366 g/mol. The Balaban J connectivity index is 1.50. The zero-order chi connectivity index (χ0) is 19.2. The maximum Gasteiger partial charge on any atom is 0.232 e. The van der Waals surface area contributed by atoms with Crippen molar-refractivity contribution in [3.8, 4) is 10.7 Å². The van der Waals surface area contributed by atoms with Crippen LogP contribution in [-0.4, -0.2) is 15.9 Å². The van der Waals surface area contributed by atoms with Crippen LogP contribution in [0.1, 0.15) is 22.7 Å². The molecule has 5 heteroatoms. The van der Waals surface area contributed by atoms with Crippen molar-refractivity contribution < 1.29 is 4.79 Å². The molecule has 0 radical (unpaired) electrons. The summed E-state index contributed by atoms with van der Waals surface area (Å²) in [6.07, 6.45) is 1.75. The Morgan fingerprint density at radius 2 is 1.54 bits per heavy atom. The van der Waals surface area contributed by atoms with Crippen LogP contribution < -0.4 is 5.32 Å². The summed E-state index contributed by atoms with van der Waals surface area (Å²) in [4.78, 5) is 22.0. The van der Waals surface area contributed by atoms with Gasteiger partial charge in [0.05, 0.1) is 23.9 Å². The normalized spacial score (nSPS) is 10.8. The number of hydrogen-bond acceptors (Lipinski definition) is 4. The maximum absolute atomic E-state index is 13.0. The fraction of sp³-hybridized carbons (Fsp3) is 0.0870. The lowest BCUT2D eigenvalue weighted by Crippen LogP contribution is -2.29. The number of aromatic nitrogens is 2. The quantitative estimate of drug-likeness (QED) is 0.525. The van der Waals surface area contributed by atoms with E-state index in [1.54, 1.807) is 6.20 Å². The van der Waals surface area contributed by atoms with Gasteiger partial charge in [-0.25, -0.2) is 4.98 Å². The number of amides is 1. The standard InChI is InChI=1S/C23H19N3OS/c27-22(21(17-9-3-1-4-10-17)18-11-5-2-6-12-18)25-15-19-16-28-23(26-19)20-13-7-8-14-24-20/h1-14,16,21H,15H2,(H,25,27). The molecule has 4 aromatic rings. The molecule has 0 fully saturated rings. The van der Waals surface area contributed by atoms with Crippen LogP contribution in [0.15, 0.2) is 90.4 Å². The summed E-state index contributed by atoms with van der Waals surface area (Å²) in [6, 6.07) is 25.4. The molecule has 0 spiro atoms. The number of nitrogens with zero attached hydrogens (tertiary/aromatic N) is 2. The monoisotopic (exact) mass is 385 g/mol. The summed E-state index contributed by atoms with van der Waals surface area (Å²) in [6.45, 7) is 0.387. The first-order valence-electron chi connectivity index (χ1n) is 9.04. The van der Waals surface area contributed by atoms with Crippen LogP contribution in [-0.2, 0) is 11.3 Å². The number of benzene rings is 2. The Labute approximate surface area is 167 Å². The maximum atomic E-state index is 13.0. The van der Waals surface area contributed by atoms with E-state index in [0.29, 0.717) is 6.54 Å². The van der Waals surface area contributed by atoms with Gasteiger partial charge in [0.15, 0.2) is 0 Å². The van der Waals surface area contributed by atoms with Gasteiger partial charge in [-0.05, 0) is 23.3 Å². The topological polar surface area (TPSA) is 54.9 Å². The van der Waals surface area contributed by atoms with Crippen molar-refractivity contribution in [3.63, 3.8) is 0 Å². The minimum Gasteiger partial charge on any atom is -0.350 e. The summed E-state index contributed by atoms with van der Waals surface area (Å²) in [5, 5.41) is 5.86. The second-order valence-corrected chi connectivity index (χ2v) is 7.19. The molecule has 2 aromatic heterocycles. The molecule has 0 saturated carbocycles. The largest absolute Gasteiger partial charge is 0.350 e. The van der Waals surface area contributed by atoms with E-state index in [1.165, 1.54) is 11.3 Å². The molecule has 0 aliphatic heterocycles. The van der Waals surface area contributed by atoms with E-state index in [0.717, 1.165) is 27.5 Å². The van der Waals surface area contributed by atoms with Gasteiger partial charge >= 0.3 is 0 Å². The predicted molar refractivity (Wildman–Crippen MR) is 112 cm³/mol. The van der Waals surface area contributed by atoms with Crippen molar-refractivity contribution in [3.05, 3.63) is 107 Å². The zero-order valence-electron chi connectivity index (χ0n) is 15.2. The van der Waals surface area contributed by atoms with Gasteiger partial charge in [-0.1, -0.05) is 66.7 Å². The first kappa shape index (κ1) is 18.1. The molecule has 0 unspecified atom stereocenters. The first-order valence-corrected chi connectivity index (χ1v) is 9.92. The van der Waals surface area contributed by atoms with Crippen LogP contribution in [0.2, 0.25) is 0 Å². The van der Waals surface area contributed by atoms with Crippen LogP contribution in [0.3, 0.4) is 0 Å². The lowest BCUT2D eigenvalue weighted by molar-refractivity contribution is -0.121. The van der Waals surface area contributed by atoms with Crippen molar-refractivity contribution >= 4 is 17.2 Å². The summed E-state index contributed by atoms with van der Waals surface area (Å²) in [5.74, 6) is -0.388. The lowest BCUT2D eigenvalue weighted by atomic mass is 9.90. The van der Waals surface area contributed by atoms with E-state index >= 15 is 0 Å². The molecule has 0 saturated heterocycles. The van der Waals surface area contributed by atoms with Gasteiger partial charge in [0.1, 0.15) is 5.01 Å². The fourth-order valence-electron chi connectivity index (χ4n) is 3.06. The second kappa shape index (κ2) is 8.59. The minimum atomic E-state index is -0.351. The van der Waals surface area contributed by atoms with Crippen LogP contribution in [0.25, 0.3) is 10.7 Å². The summed E-state index contributed by atoms with van der Waals surface area (Å²) in [7, 11) is 0. The summed E-state index contributed by atoms with van der Waals surface area (Å²) >= 11 is 1.53. The molecule has 1 N–H and O–H groups in total. The van der Waals surface area contributed by atoms with Crippen molar-refractivity contribution in [2.75, 3.05) is 0 Å². The Kier molecular flexibility index (Phi) is 5.54. The van der Waals surface area contributed by atoms with Gasteiger partial charge in [-0.15, -0.1) is 11.3 Å². The Morgan fingerprint density at radius 1 is 0.893 bits per heavy atom. The minimum absolute atomic E-state index is 0.0372. The van der Waals surface area contributed by atoms with E-state index in [-0.39, 0.29) is 11.8 Å². The van der Waals surface area contributed by atoms with E-state index in [2.05, 4.69) is 15.3 Å². The number of hydrogen-bond donors (Lipinski definition) is 1. The van der Waals surface area contributed by atoms with Crippen molar-refractivity contribution in [2.45, 2.75) is 12.5 Å². The average molecular weight is 385 g/mol. The third kappa shape index (κ3) is 4.15. The second-order valence-electron chi connectivity index (χ2n) is 6.33. The third-order valence-electron chi connectivity index (χ3n) is 4.41. The fourth-order valence-corrected chi connectivity index (χ4v) is 3.86. The number of nitrogens with one attached hydrogen (secondary N) is 1. The van der Waals surface area contributed by atoms with Gasteiger partial charge in [0.25, 0.3) is 0 Å². The molecular formula is C23H19N3OS. The van der Waals surface area contributed by atoms with Gasteiger partial charge in [0, 0.05) is 11.6 Å². The number of rotatable bonds is 6. The van der Waals surface area contributed by atoms with Gasteiger partial charge in [-0.2, -0.15) is 0 Å². The lowest BCUT2D eigenvalue weighted by Gasteiger charge is -2.17. The van der Waals surface area contributed by atoms with Crippen molar-refractivity contribution in [1.82, 2.24) is 15.3 Å². The molecule has 138 valence electrons. The molecule has 2 aromatic carbocycles. The molecule has 1 amide bonds. The molecule has 0 bridgehead atoms. The van der Waals surface area contributed by atoms with Gasteiger partial charge in [-0.3, -0.25) is 9.78 Å². The molecule has 4 rings (SSSR count). The molecule has 0 atom stereocenters. The number of carbonyl (C=O) groups excluding carboxylic acids is 1. The highest BCUT2D eigenvalue weighted by Gasteiger charge is 2.22. The van der Waals surface area contributed by atoms with E-state index in [1.807, 2.05) is 84.2 Å². The predicted octanol–water partition coefficient (Wildman–Crippen LogP) is 4.65. The van der Waals surface area contributed by atoms with Crippen LogP contribution in [0.4, 0.5) is 0 Å². The van der Waals surface area contributed by atoms with Crippen LogP contribution in [0, 0.1) is 0 Å². The molecule has 4 nitrogen and oxygen atoms in total. The number of thiazole rings is 1. The van der Waals surface area contributed by atoms with E-state index < -0.39 is 0 Å². The smallest absolute Gasteiger partial charge is 0.232 e. The number of carbonyl (C=O) groups is 1.